The zero-order chi connectivity index (χ0) is 20.2. The molecule has 4 rings (SSSR count). The molecule has 0 radical (unpaired) electrons. The van der Waals surface area contributed by atoms with Crippen LogP contribution in [0.3, 0.4) is 0 Å². The first-order valence-electron chi connectivity index (χ1n) is 9.14. The van der Waals surface area contributed by atoms with Crippen molar-refractivity contribution >= 4 is 5.91 Å². The van der Waals surface area contributed by atoms with Crippen LogP contribution in [-0.4, -0.2) is 28.3 Å². The zero-order valence-corrected chi connectivity index (χ0v) is 15.5. The topological polar surface area (TPSA) is 91.6 Å². The van der Waals surface area contributed by atoms with Gasteiger partial charge in [-0.1, -0.05) is 30.3 Å². The van der Waals surface area contributed by atoms with Gasteiger partial charge in [-0.05, 0) is 17.7 Å². The van der Waals surface area contributed by atoms with E-state index in [1.165, 1.54) is 17.0 Å². The second-order valence-electron chi connectivity index (χ2n) is 6.50. The Hall–Kier alpha value is -3.81. The predicted octanol–water partition coefficient (Wildman–Crippen LogP) is 1.09. The average Bonchev–Trinajstić information content (AvgIpc) is 2.76. The third kappa shape index (κ3) is 4.06. The maximum atomic E-state index is 12.5. The van der Waals surface area contributed by atoms with Gasteiger partial charge in [0.05, 0.1) is 5.69 Å². The monoisotopic (exact) mass is 393 g/mol. The molecule has 8 heteroatoms. The lowest BCUT2D eigenvalue weighted by Crippen LogP contribution is -2.42. The minimum Gasteiger partial charge on any atom is -0.486 e. The van der Waals surface area contributed by atoms with Gasteiger partial charge in [-0.15, -0.1) is 0 Å². The van der Waals surface area contributed by atoms with E-state index in [0.29, 0.717) is 36.9 Å². The van der Waals surface area contributed by atoms with Gasteiger partial charge in [-0.3, -0.25) is 23.5 Å². The van der Waals surface area contributed by atoms with Crippen molar-refractivity contribution < 1.29 is 14.3 Å². The number of fused-ring (bicyclic) bond motifs is 1. The molecular formula is C21H19N3O5. The molecule has 1 aromatic heterocycles. The lowest BCUT2D eigenvalue weighted by molar-refractivity contribution is -0.121. The largest absolute Gasteiger partial charge is 0.486 e. The quantitative estimate of drug-likeness (QED) is 0.655. The highest BCUT2D eigenvalue weighted by atomic mass is 16.6. The number of hydrogen-bond acceptors (Lipinski definition) is 5. The summed E-state index contributed by atoms with van der Waals surface area (Å²) in [7, 11) is 0. The summed E-state index contributed by atoms with van der Waals surface area (Å²) >= 11 is 0. The van der Waals surface area contributed by atoms with Crippen LogP contribution in [0.5, 0.6) is 11.5 Å². The SMILES string of the molecule is O=C(Cn1ccn(-c2ccc3c(c2)OCCO3)c(=O)c1=O)NCc1ccccc1. The summed E-state index contributed by atoms with van der Waals surface area (Å²) < 4.78 is 13.3. The molecule has 0 fully saturated rings. The van der Waals surface area contributed by atoms with Gasteiger partial charge in [-0.25, -0.2) is 0 Å². The molecule has 1 amide bonds. The van der Waals surface area contributed by atoms with Crippen molar-refractivity contribution in [3.63, 3.8) is 0 Å². The number of ether oxygens (including phenoxy) is 2. The van der Waals surface area contributed by atoms with E-state index in [1.54, 1.807) is 18.2 Å². The number of amides is 1. The van der Waals surface area contributed by atoms with E-state index >= 15 is 0 Å². The minimum atomic E-state index is -0.780. The summed E-state index contributed by atoms with van der Waals surface area (Å²) in [4.78, 5) is 37.2. The molecule has 0 saturated heterocycles. The van der Waals surface area contributed by atoms with E-state index in [4.69, 9.17) is 9.47 Å². The molecule has 0 atom stereocenters. The van der Waals surface area contributed by atoms with E-state index < -0.39 is 11.1 Å². The smallest absolute Gasteiger partial charge is 0.320 e. The third-order valence-corrected chi connectivity index (χ3v) is 4.51. The van der Waals surface area contributed by atoms with E-state index in [2.05, 4.69) is 5.32 Å². The molecular weight excluding hydrogens is 374 g/mol. The maximum absolute atomic E-state index is 12.5. The van der Waals surface area contributed by atoms with Gasteiger partial charge in [0.25, 0.3) is 0 Å². The van der Waals surface area contributed by atoms with Gasteiger partial charge in [-0.2, -0.15) is 0 Å². The molecule has 29 heavy (non-hydrogen) atoms. The van der Waals surface area contributed by atoms with Gasteiger partial charge in [0.2, 0.25) is 5.91 Å². The van der Waals surface area contributed by atoms with Crippen molar-refractivity contribution in [3.05, 3.63) is 87.2 Å². The Bertz CT molecular complexity index is 1150. The number of rotatable bonds is 5. The highest BCUT2D eigenvalue weighted by molar-refractivity contribution is 5.75. The molecule has 2 aromatic carbocycles. The summed E-state index contributed by atoms with van der Waals surface area (Å²) in [6.07, 6.45) is 2.88. The molecule has 8 nitrogen and oxygen atoms in total. The molecule has 0 bridgehead atoms. The first-order chi connectivity index (χ1) is 14.1. The fourth-order valence-electron chi connectivity index (χ4n) is 3.03. The Kier molecular flexibility index (Phi) is 5.15. The van der Waals surface area contributed by atoms with Crippen molar-refractivity contribution in [2.45, 2.75) is 13.1 Å². The lowest BCUT2D eigenvalue weighted by atomic mass is 10.2. The van der Waals surface area contributed by atoms with Crippen molar-refractivity contribution in [3.8, 4) is 17.2 Å². The summed E-state index contributed by atoms with van der Waals surface area (Å²) in [6, 6.07) is 14.4. The number of nitrogens with zero attached hydrogens (tertiary/aromatic N) is 2. The van der Waals surface area contributed by atoms with Crippen LogP contribution in [0.15, 0.2) is 70.5 Å². The van der Waals surface area contributed by atoms with Crippen LogP contribution >= 0.6 is 0 Å². The van der Waals surface area contributed by atoms with Gasteiger partial charge < -0.3 is 14.8 Å². The molecule has 0 spiro atoms. The van der Waals surface area contributed by atoms with Gasteiger partial charge in [0.15, 0.2) is 11.5 Å². The minimum absolute atomic E-state index is 0.233. The second-order valence-corrected chi connectivity index (χ2v) is 6.50. The van der Waals surface area contributed by atoms with Crippen molar-refractivity contribution in [2.75, 3.05) is 13.2 Å². The summed E-state index contributed by atoms with van der Waals surface area (Å²) in [5.41, 5.74) is -0.100. The Morgan fingerprint density at radius 2 is 1.69 bits per heavy atom. The highest BCUT2D eigenvalue weighted by Crippen LogP contribution is 2.31. The first kappa shape index (κ1) is 18.5. The molecule has 1 aliphatic heterocycles. The Balaban J connectivity index is 1.51. The Morgan fingerprint density at radius 1 is 0.931 bits per heavy atom. The molecule has 0 aliphatic carbocycles. The molecule has 1 aliphatic rings. The van der Waals surface area contributed by atoms with Crippen molar-refractivity contribution in [1.29, 1.82) is 0 Å². The van der Waals surface area contributed by atoms with Crippen molar-refractivity contribution in [2.24, 2.45) is 0 Å². The standard InChI is InChI=1S/C21H19N3O5/c25-19(22-13-15-4-2-1-3-5-15)14-23-8-9-24(21(27)20(23)26)16-6-7-17-18(12-16)29-11-10-28-17/h1-9,12H,10-11,13-14H2,(H,22,25). The van der Waals surface area contributed by atoms with E-state index in [-0.39, 0.29) is 12.5 Å². The van der Waals surface area contributed by atoms with Gasteiger partial charge in [0, 0.05) is 25.0 Å². The Morgan fingerprint density at radius 3 is 2.48 bits per heavy atom. The van der Waals surface area contributed by atoms with Gasteiger partial charge >= 0.3 is 11.1 Å². The van der Waals surface area contributed by atoms with Crippen molar-refractivity contribution in [1.82, 2.24) is 14.5 Å². The Labute approximate surface area is 165 Å². The lowest BCUT2D eigenvalue weighted by Gasteiger charge is -2.19. The van der Waals surface area contributed by atoms with Crippen LogP contribution in [0.4, 0.5) is 0 Å². The summed E-state index contributed by atoms with van der Waals surface area (Å²) in [5, 5.41) is 2.74. The molecule has 148 valence electrons. The van der Waals surface area contributed by atoms with E-state index in [1.807, 2.05) is 30.3 Å². The number of carbonyl (C=O) groups excluding carboxylic acids is 1. The first-order valence-corrected chi connectivity index (χ1v) is 9.14. The van der Waals surface area contributed by atoms with Crippen LogP contribution in [-0.2, 0) is 17.9 Å². The third-order valence-electron chi connectivity index (χ3n) is 4.51. The van der Waals surface area contributed by atoms with Crippen LogP contribution in [0.25, 0.3) is 5.69 Å². The fraction of sp³-hybridized carbons (Fsp3) is 0.190. The molecule has 1 N–H and O–H groups in total. The predicted molar refractivity (Wildman–Crippen MR) is 106 cm³/mol. The van der Waals surface area contributed by atoms with Crippen LogP contribution in [0, 0.1) is 0 Å². The zero-order valence-electron chi connectivity index (χ0n) is 15.5. The number of hydrogen-bond donors (Lipinski definition) is 1. The molecule has 2 heterocycles. The highest BCUT2D eigenvalue weighted by Gasteiger charge is 2.15. The number of aromatic nitrogens is 2. The van der Waals surface area contributed by atoms with Crippen LogP contribution in [0.2, 0.25) is 0 Å². The van der Waals surface area contributed by atoms with Crippen LogP contribution in [0.1, 0.15) is 5.56 Å². The molecule has 0 unspecified atom stereocenters. The van der Waals surface area contributed by atoms with E-state index in [0.717, 1.165) is 10.1 Å². The average molecular weight is 393 g/mol. The number of carbonyl (C=O) groups is 1. The normalized spacial score (nSPS) is 12.4. The number of nitrogens with one attached hydrogen (secondary N) is 1. The van der Waals surface area contributed by atoms with Gasteiger partial charge in [0.1, 0.15) is 19.8 Å². The summed E-state index contributed by atoms with van der Waals surface area (Å²) in [5.74, 6) is 0.758. The number of benzene rings is 2. The maximum Gasteiger partial charge on any atom is 0.320 e. The molecule has 0 saturated carbocycles. The van der Waals surface area contributed by atoms with Crippen LogP contribution < -0.4 is 25.9 Å². The summed E-state index contributed by atoms with van der Waals surface area (Å²) in [6.45, 7) is 1.01. The van der Waals surface area contributed by atoms with E-state index in [9.17, 15) is 14.4 Å². The molecule has 3 aromatic rings. The fourth-order valence-corrected chi connectivity index (χ4v) is 3.03. The second kappa shape index (κ2) is 8.05.